The summed E-state index contributed by atoms with van der Waals surface area (Å²) in [5, 5.41) is 0.808. The van der Waals surface area contributed by atoms with E-state index >= 15 is 0 Å². The summed E-state index contributed by atoms with van der Waals surface area (Å²) in [6, 6.07) is 3.52. The number of hydrogen-bond acceptors (Lipinski definition) is 7. The summed E-state index contributed by atoms with van der Waals surface area (Å²) >= 11 is 7.50. The molecule has 7 nitrogen and oxygen atoms in total. The molecule has 0 unspecified atom stereocenters. The van der Waals surface area contributed by atoms with Crippen molar-refractivity contribution in [3.8, 4) is 11.5 Å². The average molecular weight is 463 g/mol. The van der Waals surface area contributed by atoms with Gasteiger partial charge in [-0.05, 0) is 57.0 Å². The highest BCUT2D eigenvalue weighted by Gasteiger charge is 2.20. The number of hydrogen-bond donors (Lipinski definition) is 1. The number of halogens is 1. The van der Waals surface area contributed by atoms with Gasteiger partial charge in [-0.2, -0.15) is 0 Å². The van der Waals surface area contributed by atoms with Gasteiger partial charge in [0.1, 0.15) is 15.5 Å². The molecule has 1 aromatic carbocycles. The molecule has 0 aliphatic carbocycles. The average Bonchev–Trinajstić information content (AvgIpc) is 3.05. The fraction of sp³-hybridized carbons (Fsp3) is 0.318. The summed E-state index contributed by atoms with van der Waals surface area (Å²) in [6.07, 6.45) is 3.36. The quantitative estimate of drug-likeness (QED) is 0.492. The van der Waals surface area contributed by atoms with Gasteiger partial charge in [0.05, 0.1) is 30.2 Å². The maximum absolute atomic E-state index is 12.6. The third-order valence-electron chi connectivity index (χ3n) is 4.32. The fourth-order valence-electron chi connectivity index (χ4n) is 2.99. The van der Waals surface area contributed by atoms with Crippen molar-refractivity contribution in [1.82, 2.24) is 9.97 Å². The number of methoxy groups -OCH3 is 1. The van der Waals surface area contributed by atoms with Crippen LogP contribution in [0.4, 0.5) is 0 Å². The molecule has 3 aromatic rings. The molecule has 0 aliphatic rings. The molecule has 0 spiro atoms. The number of H-pyrrole nitrogens is 1. The van der Waals surface area contributed by atoms with Gasteiger partial charge >= 0.3 is 5.97 Å². The fourth-order valence-corrected chi connectivity index (χ4v) is 4.34. The van der Waals surface area contributed by atoms with E-state index in [9.17, 15) is 9.59 Å². The monoisotopic (exact) mass is 462 g/mol. The van der Waals surface area contributed by atoms with E-state index in [1.54, 1.807) is 45.2 Å². The van der Waals surface area contributed by atoms with Crippen LogP contribution in [0.3, 0.4) is 0 Å². The molecule has 0 amide bonds. The van der Waals surface area contributed by atoms with E-state index in [4.69, 9.17) is 25.8 Å². The van der Waals surface area contributed by atoms with Gasteiger partial charge in [-0.1, -0.05) is 17.7 Å². The first-order valence-electron chi connectivity index (χ1n) is 9.67. The lowest BCUT2D eigenvalue weighted by molar-refractivity contribution is 0.0531. The van der Waals surface area contributed by atoms with Gasteiger partial charge < -0.3 is 19.2 Å². The van der Waals surface area contributed by atoms with Crippen LogP contribution in [0.25, 0.3) is 22.4 Å². The number of nitrogens with zero attached hydrogens (tertiary/aromatic N) is 1. The van der Waals surface area contributed by atoms with Crippen LogP contribution in [-0.4, -0.2) is 35.8 Å². The summed E-state index contributed by atoms with van der Waals surface area (Å²) in [6.45, 7) is 7.52. The van der Waals surface area contributed by atoms with Gasteiger partial charge in [-0.25, -0.2) is 9.78 Å². The predicted octanol–water partition coefficient (Wildman–Crippen LogP) is 5.09. The first kappa shape index (κ1) is 22.8. The first-order valence-corrected chi connectivity index (χ1v) is 10.9. The Morgan fingerprint density at radius 3 is 2.71 bits per heavy atom. The lowest BCUT2D eigenvalue weighted by atomic mass is 10.1. The van der Waals surface area contributed by atoms with Crippen molar-refractivity contribution in [2.75, 3.05) is 13.7 Å². The van der Waals surface area contributed by atoms with Crippen LogP contribution >= 0.6 is 22.9 Å². The number of ether oxygens (including phenoxy) is 3. The molecule has 9 heteroatoms. The van der Waals surface area contributed by atoms with Crippen molar-refractivity contribution in [3.63, 3.8) is 0 Å². The number of aromatic nitrogens is 2. The van der Waals surface area contributed by atoms with Gasteiger partial charge in [0.15, 0.2) is 11.5 Å². The van der Waals surface area contributed by atoms with E-state index in [0.29, 0.717) is 43.0 Å². The smallest absolute Gasteiger partial charge is 0.348 e. The highest BCUT2D eigenvalue weighted by Crippen LogP contribution is 2.37. The number of carbonyl (C=O) groups is 1. The van der Waals surface area contributed by atoms with E-state index in [2.05, 4.69) is 9.97 Å². The van der Waals surface area contributed by atoms with Crippen molar-refractivity contribution >= 4 is 51.3 Å². The Morgan fingerprint density at radius 2 is 2.06 bits per heavy atom. The number of carbonyl (C=O) groups excluding carboxylic acids is 1. The Kier molecular flexibility index (Phi) is 7.02. The van der Waals surface area contributed by atoms with Crippen LogP contribution in [0.15, 0.2) is 16.9 Å². The van der Waals surface area contributed by atoms with E-state index in [0.717, 1.165) is 16.9 Å². The van der Waals surface area contributed by atoms with Gasteiger partial charge in [-0.15, -0.1) is 11.3 Å². The number of aromatic amines is 1. The zero-order chi connectivity index (χ0) is 22.7. The van der Waals surface area contributed by atoms with Crippen molar-refractivity contribution < 1.29 is 19.0 Å². The second-order valence-electron chi connectivity index (χ2n) is 6.94. The SMILES string of the molecule is CCOC(=O)c1sc2nc(/C=C/c3cc(Cl)c(OC(C)C)c(OC)c3)[nH]c(=O)c2c1C. The van der Waals surface area contributed by atoms with Crippen molar-refractivity contribution in [2.24, 2.45) is 0 Å². The Morgan fingerprint density at radius 1 is 1.32 bits per heavy atom. The van der Waals surface area contributed by atoms with Gasteiger partial charge in [0.25, 0.3) is 5.56 Å². The molecule has 0 atom stereocenters. The zero-order valence-electron chi connectivity index (χ0n) is 17.9. The number of fused-ring (bicyclic) bond motifs is 1. The summed E-state index contributed by atoms with van der Waals surface area (Å²) in [5.74, 6) is 0.882. The highest BCUT2D eigenvalue weighted by molar-refractivity contribution is 7.20. The maximum Gasteiger partial charge on any atom is 0.348 e. The molecule has 0 saturated heterocycles. The van der Waals surface area contributed by atoms with Crippen LogP contribution < -0.4 is 15.0 Å². The molecule has 0 fully saturated rings. The van der Waals surface area contributed by atoms with E-state index in [1.165, 1.54) is 0 Å². The van der Waals surface area contributed by atoms with E-state index in [1.807, 2.05) is 13.8 Å². The lowest BCUT2D eigenvalue weighted by Crippen LogP contribution is -2.10. The highest BCUT2D eigenvalue weighted by atomic mass is 35.5. The van der Waals surface area contributed by atoms with E-state index in [-0.39, 0.29) is 18.3 Å². The molecule has 2 heterocycles. The normalized spacial score (nSPS) is 11.5. The first-order chi connectivity index (χ1) is 14.7. The Balaban J connectivity index is 1.97. The zero-order valence-corrected chi connectivity index (χ0v) is 19.4. The number of aryl methyl sites for hydroxylation is 1. The lowest BCUT2D eigenvalue weighted by Gasteiger charge is -2.15. The van der Waals surface area contributed by atoms with Gasteiger partial charge in [-0.3, -0.25) is 4.79 Å². The molecule has 3 rings (SSSR count). The van der Waals surface area contributed by atoms with Crippen molar-refractivity contribution in [2.45, 2.75) is 33.8 Å². The topological polar surface area (TPSA) is 90.5 Å². The van der Waals surface area contributed by atoms with Crippen LogP contribution in [-0.2, 0) is 4.74 Å². The number of esters is 1. The standard InChI is InChI=1S/C22H23ClN2O5S/c1-6-29-22(27)19-12(4)17-20(26)24-16(25-21(17)31-19)8-7-13-9-14(23)18(30-11(2)3)15(10-13)28-5/h7-11H,6H2,1-5H3,(H,24,25,26)/b8-7+. The van der Waals surface area contributed by atoms with Gasteiger partial charge in [0.2, 0.25) is 0 Å². The molecule has 31 heavy (non-hydrogen) atoms. The van der Waals surface area contributed by atoms with Crippen LogP contribution in [0, 0.1) is 6.92 Å². The third kappa shape index (κ3) is 4.91. The van der Waals surface area contributed by atoms with Crippen LogP contribution in [0.1, 0.15) is 47.4 Å². The maximum atomic E-state index is 12.6. The Hall–Kier alpha value is -2.84. The molecule has 164 valence electrons. The second-order valence-corrected chi connectivity index (χ2v) is 8.35. The molecule has 0 aliphatic heterocycles. The van der Waals surface area contributed by atoms with Crippen molar-refractivity contribution in [3.05, 3.63) is 49.3 Å². The minimum absolute atomic E-state index is 0.0532. The molecule has 1 N–H and O–H groups in total. The van der Waals surface area contributed by atoms with Crippen molar-refractivity contribution in [1.29, 1.82) is 0 Å². The summed E-state index contributed by atoms with van der Waals surface area (Å²) in [7, 11) is 1.54. The summed E-state index contributed by atoms with van der Waals surface area (Å²) in [4.78, 5) is 32.8. The number of rotatable bonds is 7. The molecule has 2 aromatic heterocycles. The van der Waals surface area contributed by atoms with Crippen LogP contribution in [0.2, 0.25) is 5.02 Å². The second kappa shape index (κ2) is 9.53. The minimum atomic E-state index is -0.454. The van der Waals surface area contributed by atoms with E-state index < -0.39 is 5.97 Å². The molecular weight excluding hydrogens is 440 g/mol. The van der Waals surface area contributed by atoms with Crippen LogP contribution in [0.5, 0.6) is 11.5 Å². The summed E-state index contributed by atoms with van der Waals surface area (Å²) < 4.78 is 16.2. The van der Waals surface area contributed by atoms with Gasteiger partial charge in [0, 0.05) is 0 Å². The molecule has 0 bridgehead atoms. The molecular formula is C22H23ClN2O5S. The minimum Gasteiger partial charge on any atom is -0.493 e. The third-order valence-corrected chi connectivity index (χ3v) is 5.77. The Bertz CT molecular complexity index is 1210. The predicted molar refractivity (Wildman–Crippen MR) is 124 cm³/mol. The Labute approximate surface area is 188 Å². The number of nitrogens with one attached hydrogen (secondary N) is 1. The number of benzene rings is 1. The largest absolute Gasteiger partial charge is 0.493 e. The molecule has 0 radical (unpaired) electrons. The summed E-state index contributed by atoms with van der Waals surface area (Å²) in [5.41, 5.74) is 1.00. The number of thiophene rings is 1. The molecule has 0 saturated carbocycles.